The van der Waals surface area contributed by atoms with Crippen molar-refractivity contribution in [1.29, 1.82) is 0 Å². The van der Waals surface area contributed by atoms with Gasteiger partial charge in [-0.25, -0.2) is 14.2 Å². The average molecular weight is 509 g/mol. The van der Waals surface area contributed by atoms with Crippen LogP contribution in [0.3, 0.4) is 0 Å². The quantitative estimate of drug-likeness (QED) is 0.211. The third-order valence-electron chi connectivity index (χ3n) is 6.05. The van der Waals surface area contributed by atoms with Gasteiger partial charge in [0.1, 0.15) is 16.5 Å². The van der Waals surface area contributed by atoms with Gasteiger partial charge in [0.25, 0.3) is 5.78 Å². The van der Waals surface area contributed by atoms with Gasteiger partial charge >= 0.3 is 11.9 Å². The molecule has 1 amide bonds. The highest BCUT2D eigenvalue weighted by molar-refractivity contribution is 7.17. The number of Topliss-reactive ketones (excluding diaryl/α,β-unsaturated/α-hetero) is 1. The molecule has 0 radical (unpaired) electrons. The van der Waals surface area contributed by atoms with Crippen molar-refractivity contribution in [2.45, 2.75) is 40.2 Å². The SMILES string of the molecule is CCOC(=O)c1sc(N2C(=O)C(=O)/C(=C(\O)c3ccc(C)c(F)c3)C2c2ccc(CC)cc2)nc1C. The summed E-state index contributed by atoms with van der Waals surface area (Å²) in [6.07, 6.45) is 0.789. The molecule has 0 spiro atoms. The number of aliphatic hydroxyl groups is 1. The van der Waals surface area contributed by atoms with Crippen molar-refractivity contribution >= 4 is 39.9 Å². The maximum atomic E-state index is 14.3. The third kappa shape index (κ3) is 4.42. The molecule has 1 N–H and O–H groups in total. The highest BCUT2D eigenvalue weighted by Gasteiger charge is 2.48. The van der Waals surface area contributed by atoms with Crippen molar-refractivity contribution in [3.63, 3.8) is 0 Å². The molecule has 1 saturated heterocycles. The molecule has 7 nitrogen and oxygen atoms in total. The molecule has 36 heavy (non-hydrogen) atoms. The zero-order valence-corrected chi connectivity index (χ0v) is 21.1. The first-order valence-electron chi connectivity index (χ1n) is 11.5. The van der Waals surface area contributed by atoms with Crippen LogP contribution in [0.5, 0.6) is 0 Å². The van der Waals surface area contributed by atoms with E-state index >= 15 is 0 Å². The molecule has 1 unspecified atom stereocenters. The molecule has 2 aromatic carbocycles. The number of aryl methyl sites for hydroxylation is 3. The molecule has 4 rings (SSSR count). The largest absolute Gasteiger partial charge is 0.507 e. The first kappa shape index (κ1) is 25.2. The van der Waals surface area contributed by atoms with Crippen molar-refractivity contribution in [3.8, 4) is 0 Å². The summed E-state index contributed by atoms with van der Waals surface area (Å²) in [7, 11) is 0. The monoisotopic (exact) mass is 508 g/mol. The van der Waals surface area contributed by atoms with E-state index in [4.69, 9.17) is 4.74 Å². The Morgan fingerprint density at radius 2 is 1.83 bits per heavy atom. The van der Waals surface area contributed by atoms with Gasteiger partial charge in [-0.15, -0.1) is 0 Å². The van der Waals surface area contributed by atoms with Crippen molar-refractivity contribution in [2.75, 3.05) is 11.5 Å². The second-order valence-electron chi connectivity index (χ2n) is 8.36. The molecule has 2 heterocycles. The minimum atomic E-state index is -1.03. The lowest BCUT2D eigenvalue weighted by atomic mass is 9.94. The minimum absolute atomic E-state index is 0.0776. The summed E-state index contributed by atoms with van der Waals surface area (Å²) in [5.74, 6) is -3.44. The van der Waals surface area contributed by atoms with Crippen LogP contribution in [0.4, 0.5) is 9.52 Å². The number of anilines is 1. The summed E-state index contributed by atoms with van der Waals surface area (Å²) in [6.45, 7) is 7.05. The maximum Gasteiger partial charge on any atom is 0.350 e. The molecule has 3 aromatic rings. The van der Waals surface area contributed by atoms with Crippen LogP contribution < -0.4 is 4.90 Å². The lowest BCUT2D eigenvalue weighted by molar-refractivity contribution is -0.132. The Morgan fingerprint density at radius 1 is 1.14 bits per heavy atom. The number of nitrogens with zero attached hydrogens (tertiary/aromatic N) is 2. The van der Waals surface area contributed by atoms with Crippen LogP contribution in [0.15, 0.2) is 48.0 Å². The minimum Gasteiger partial charge on any atom is -0.507 e. The number of ketones is 1. The predicted octanol–water partition coefficient (Wildman–Crippen LogP) is 5.26. The van der Waals surface area contributed by atoms with Gasteiger partial charge in [-0.2, -0.15) is 0 Å². The molecule has 1 aliphatic rings. The number of carbonyl (C=O) groups excluding carboxylic acids is 3. The topological polar surface area (TPSA) is 96.8 Å². The van der Waals surface area contributed by atoms with E-state index in [1.165, 1.54) is 17.0 Å². The first-order valence-corrected chi connectivity index (χ1v) is 12.3. The lowest BCUT2D eigenvalue weighted by Crippen LogP contribution is -2.29. The van der Waals surface area contributed by atoms with Gasteiger partial charge in [0.15, 0.2) is 5.13 Å². The van der Waals surface area contributed by atoms with Crippen LogP contribution in [-0.2, 0) is 20.7 Å². The number of amides is 1. The average Bonchev–Trinajstić information content (AvgIpc) is 3.37. The zero-order chi connectivity index (χ0) is 26.1. The first-order chi connectivity index (χ1) is 17.2. The molecule has 0 bridgehead atoms. The maximum absolute atomic E-state index is 14.3. The van der Waals surface area contributed by atoms with Crippen LogP contribution in [0.2, 0.25) is 0 Å². The number of esters is 1. The summed E-state index contributed by atoms with van der Waals surface area (Å²) >= 11 is 0.934. The standard InChI is InChI=1S/C27H25FN2O5S/c1-5-16-8-11-17(12-9-16)21-20(22(31)18-10-7-14(3)19(28)13-18)23(32)25(33)30(21)27-29-15(4)24(36-27)26(34)35-6-2/h7-13,21,31H,5-6H2,1-4H3/b22-20-. The van der Waals surface area contributed by atoms with E-state index in [9.17, 15) is 23.9 Å². The number of halogens is 1. The summed E-state index contributed by atoms with van der Waals surface area (Å²) in [5, 5.41) is 11.3. The van der Waals surface area contributed by atoms with E-state index in [0.29, 0.717) is 16.8 Å². The van der Waals surface area contributed by atoms with Crippen molar-refractivity contribution in [3.05, 3.63) is 86.7 Å². The highest BCUT2D eigenvalue weighted by atomic mass is 32.1. The molecule has 1 fully saturated rings. The van der Waals surface area contributed by atoms with Crippen molar-refractivity contribution in [1.82, 2.24) is 4.98 Å². The Hall–Kier alpha value is -3.85. The lowest BCUT2D eigenvalue weighted by Gasteiger charge is -2.23. The number of aromatic nitrogens is 1. The molecular weight excluding hydrogens is 483 g/mol. The number of carbonyl (C=O) groups is 3. The number of ether oxygens (including phenoxy) is 1. The molecular formula is C27H25FN2O5S. The van der Waals surface area contributed by atoms with Crippen LogP contribution in [0.1, 0.15) is 57.5 Å². The second-order valence-corrected chi connectivity index (χ2v) is 9.34. The van der Waals surface area contributed by atoms with Gasteiger partial charge in [0.05, 0.1) is 23.9 Å². The van der Waals surface area contributed by atoms with Crippen molar-refractivity contribution in [2.24, 2.45) is 0 Å². The summed E-state index contributed by atoms with van der Waals surface area (Å²) in [6, 6.07) is 10.4. The summed E-state index contributed by atoms with van der Waals surface area (Å²) in [4.78, 5) is 44.7. The molecule has 0 aliphatic carbocycles. The Kier molecular flexibility index (Phi) is 7.03. The van der Waals surface area contributed by atoms with Gasteiger partial charge in [-0.1, -0.05) is 54.7 Å². The smallest absolute Gasteiger partial charge is 0.350 e. The van der Waals surface area contributed by atoms with Crippen LogP contribution >= 0.6 is 11.3 Å². The van der Waals surface area contributed by atoms with E-state index in [0.717, 1.165) is 29.4 Å². The Morgan fingerprint density at radius 3 is 2.44 bits per heavy atom. The van der Waals surface area contributed by atoms with Crippen LogP contribution in [0.25, 0.3) is 5.76 Å². The van der Waals surface area contributed by atoms with E-state index in [-0.39, 0.29) is 27.8 Å². The number of aliphatic hydroxyl groups excluding tert-OH is 1. The molecule has 1 aliphatic heterocycles. The molecule has 0 saturated carbocycles. The van der Waals surface area contributed by atoms with Gasteiger partial charge in [-0.05, 0) is 49.9 Å². The normalized spacial score (nSPS) is 17.0. The summed E-state index contributed by atoms with van der Waals surface area (Å²) < 4.78 is 19.4. The van der Waals surface area contributed by atoms with Gasteiger partial charge in [0, 0.05) is 5.56 Å². The molecule has 9 heteroatoms. The fourth-order valence-corrected chi connectivity index (χ4v) is 5.04. The number of hydrogen-bond donors (Lipinski definition) is 1. The highest BCUT2D eigenvalue weighted by Crippen LogP contribution is 2.44. The zero-order valence-electron chi connectivity index (χ0n) is 20.3. The summed E-state index contributed by atoms with van der Waals surface area (Å²) in [5.41, 5.74) is 2.24. The van der Waals surface area contributed by atoms with E-state index in [2.05, 4.69) is 4.98 Å². The third-order valence-corrected chi connectivity index (χ3v) is 7.18. The van der Waals surface area contributed by atoms with Gasteiger partial charge in [-0.3, -0.25) is 14.5 Å². The van der Waals surface area contributed by atoms with Crippen molar-refractivity contribution < 1.29 is 28.6 Å². The number of benzene rings is 2. The number of rotatable bonds is 6. The molecule has 186 valence electrons. The van der Waals surface area contributed by atoms with E-state index in [1.807, 2.05) is 19.1 Å². The van der Waals surface area contributed by atoms with Crippen LogP contribution in [0, 0.1) is 19.7 Å². The molecule has 1 atom stereocenters. The second kappa shape index (κ2) is 10.0. The van der Waals surface area contributed by atoms with Gasteiger partial charge in [0.2, 0.25) is 0 Å². The molecule has 1 aromatic heterocycles. The fraction of sp³-hybridized carbons (Fsp3) is 0.259. The number of thiazole rings is 1. The van der Waals surface area contributed by atoms with E-state index < -0.39 is 35.3 Å². The number of hydrogen-bond acceptors (Lipinski definition) is 7. The fourth-order valence-electron chi connectivity index (χ4n) is 4.05. The Balaban J connectivity index is 1.91. The Labute approximate surface area is 211 Å². The predicted molar refractivity (Wildman–Crippen MR) is 135 cm³/mol. The Bertz CT molecular complexity index is 1390. The van der Waals surface area contributed by atoms with Gasteiger partial charge < -0.3 is 9.84 Å². The van der Waals surface area contributed by atoms with E-state index in [1.54, 1.807) is 32.9 Å². The van der Waals surface area contributed by atoms with Crippen LogP contribution in [-0.4, -0.2) is 34.4 Å².